The van der Waals surface area contributed by atoms with Crippen LogP contribution in [0.4, 0.5) is 0 Å². The summed E-state index contributed by atoms with van der Waals surface area (Å²) in [6, 6.07) is 7.36. The topological polar surface area (TPSA) is 70.7 Å². The predicted molar refractivity (Wildman–Crippen MR) is 80.2 cm³/mol. The summed E-state index contributed by atoms with van der Waals surface area (Å²) in [6.07, 6.45) is 2.29. The van der Waals surface area contributed by atoms with Crippen LogP contribution in [-0.4, -0.2) is 27.9 Å². The number of hydrogen-bond donors (Lipinski definition) is 1. The molecular weight excluding hydrogens is 288 g/mol. The smallest absolute Gasteiger partial charge is 0.243 e. The molecule has 0 radical (unpaired) electrons. The van der Waals surface area contributed by atoms with E-state index in [1.54, 1.807) is 6.07 Å². The van der Waals surface area contributed by atoms with Crippen molar-refractivity contribution >= 4 is 28.5 Å². The summed E-state index contributed by atoms with van der Waals surface area (Å²) in [5.74, 6) is 1.21. The molecular formula is C15H15ClN4O. The number of fused-ring (bicyclic) bond motifs is 1. The van der Waals surface area contributed by atoms with Gasteiger partial charge in [0.25, 0.3) is 0 Å². The number of hydrogen-bond acceptors (Lipinski definition) is 3. The van der Waals surface area contributed by atoms with Crippen molar-refractivity contribution in [3.8, 4) is 6.07 Å². The minimum absolute atomic E-state index is 0.0127. The molecule has 1 saturated heterocycles. The van der Waals surface area contributed by atoms with Crippen LogP contribution < -0.4 is 5.32 Å². The largest absolute Gasteiger partial charge is 0.354 e. The fourth-order valence-corrected chi connectivity index (χ4v) is 3.04. The van der Waals surface area contributed by atoms with Gasteiger partial charge in [-0.2, -0.15) is 5.26 Å². The van der Waals surface area contributed by atoms with E-state index in [0.29, 0.717) is 23.4 Å². The van der Waals surface area contributed by atoms with Gasteiger partial charge >= 0.3 is 0 Å². The van der Waals surface area contributed by atoms with Gasteiger partial charge in [-0.25, -0.2) is 4.98 Å². The molecule has 21 heavy (non-hydrogen) atoms. The molecule has 1 aliphatic rings. The number of halogens is 1. The van der Waals surface area contributed by atoms with E-state index in [-0.39, 0.29) is 11.9 Å². The molecule has 1 amide bonds. The zero-order valence-electron chi connectivity index (χ0n) is 11.5. The van der Waals surface area contributed by atoms with Crippen molar-refractivity contribution < 1.29 is 4.79 Å². The summed E-state index contributed by atoms with van der Waals surface area (Å²) >= 11 is 5.87. The van der Waals surface area contributed by atoms with E-state index < -0.39 is 0 Å². The second-order valence-electron chi connectivity index (χ2n) is 5.07. The molecule has 1 aromatic carbocycles. The average Bonchev–Trinajstić information content (AvgIpc) is 2.86. The van der Waals surface area contributed by atoms with E-state index in [4.69, 9.17) is 11.6 Å². The third-order valence-corrected chi connectivity index (χ3v) is 3.99. The Kier molecular flexibility index (Phi) is 3.80. The van der Waals surface area contributed by atoms with Crippen LogP contribution >= 0.6 is 11.6 Å². The maximum absolute atomic E-state index is 12.2. The van der Waals surface area contributed by atoms with Crippen molar-refractivity contribution in [1.29, 1.82) is 5.26 Å². The summed E-state index contributed by atoms with van der Waals surface area (Å²) in [6.45, 7) is 0.719. The fraction of sp³-hybridized carbons (Fsp3) is 0.400. The van der Waals surface area contributed by atoms with Gasteiger partial charge in [0.15, 0.2) is 0 Å². The van der Waals surface area contributed by atoms with Crippen LogP contribution in [0.3, 0.4) is 0 Å². The van der Waals surface area contributed by atoms with Crippen molar-refractivity contribution in [2.45, 2.75) is 25.3 Å². The van der Waals surface area contributed by atoms with Crippen LogP contribution in [0.1, 0.15) is 30.3 Å². The number of piperidine rings is 1. The van der Waals surface area contributed by atoms with Crippen molar-refractivity contribution in [3.05, 3.63) is 29.6 Å². The number of nitrogens with one attached hydrogen (secondary N) is 1. The molecule has 0 spiro atoms. The molecule has 1 unspecified atom stereocenters. The highest BCUT2D eigenvalue weighted by Crippen LogP contribution is 2.28. The van der Waals surface area contributed by atoms with Gasteiger partial charge in [0.1, 0.15) is 23.5 Å². The molecule has 2 aromatic rings. The summed E-state index contributed by atoms with van der Waals surface area (Å²) in [5, 5.41) is 12.1. The molecule has 0 saturated carbocycles. The molecule has 5 nitrogen and oxygen atoms in total. The van der Waals surface area contributed by atoms with Crippen molar-refractivity contribution in [1.82, 2.24) is 14.9 Å². The number of amides is 1. The maximum atomic E-state index is 12.2. The van der Waals surface area contributed by atoms with Gasteiger partial charge in [-0.05, 0) is 25.0 Å². The first kappa shape index (κ1) is 13.9. The third kappa shape index (κ3) is 2.36. The zero-order chi connectivity index (χ0) is 14.8. The lowest BCUT2D eigenvalue weighted by molar-refractivity contribution is -0.125. The second-order valence-corrected chi connectivity index (χ2v) is 5.45. The molecule has 1 fully saturated rings. The summed E-state index contributed by atoms with van der Waals surface area (Å²) < 4.78 is 1.95. The number of imidazole rings is 1. The number of alkyl halides is 1. The van der Waals surface area contributed by atoms with Gasteiger partial charge < -0.3 is 9.88 Å². The molecule has 1 atom stereocenters. The van der Waals surface area contributed by atoms with Crippen LogP contribution in [0.25, 0.3) is 11.0 Å². The number of aromatic nitrogens is 2. The first-order valence-corrected chi connectivity index (χ1v) is 7.53. The molecule has 3 rings (SSSR count). The van der Waals surface area contributed by atoms with Gasteiger partial charge in [-0.1, -0.05) is 6.07 Å². The molecule has 0 aliphatic carbocycles. The van der Waals surface area contributed by atoms with Gasteiger partial charge in [-0.3, -0.25) is 4.79 Å². The van der Waals surface area contributed by atoms with Crippen LogP contribution in [0, 0.1) is 11.3 Å². The van der Waals surface area contributed by atoms with Gasteiger partial charge in [0.05, 0.1) is 11.1 Å². The van der Waals surface area contributed by atoms with Crippen molar-refractivity contribution in [2.24, 2.45) is 0 Å². The van der Waals surface area contributed by atoms with Gasteiger partial charge in [0.2, 0.25) is 5.91 Å². The summed E-state index contributed by atoms with van der Waals surface area (Å²) in [4.78, 5) is 16.7. The Balaban J connectivity index is 2.21. The first-order chi connectivity index (χ1) is 10.3. The standard InChI is InChI=1S/C15H15ClN4O/c16-7-6-13-19-14-10(9-17)3-1-4-11(14)20(13)12-5-2-8-18-15(12)21/h1,3-4,12H,2,5-8H2,(H,18,21). The minimum Gasteiger partial charge on any atom is -0.354 e. The number of nitriles is 1. The lowest BCUT2D eigenvalue weighted by atomic mass is 10.1. The lowest BCUT2D eigenvalue weighted by Gasteiger charge is -2.25. The second kappa shape index (κ2) is 5.74. The Labute approximate surface area is 127 Å². The summed E-state index contributed by atoms with van der Waals surface area (Å²) in [5.41, 5.74) is 2.01. The number of para-hydroxylation sites is 1. The zero-order valence-corrected chi connectivity index (χ0v) is 12.2. The fourth-order valence-electron chi connectivity index (χ4n) is 2.87. The Hall–Kier alpha value is -2.06. The first-order valence-electron chi connectivity index (χ1n) is 7.00. The number of benzene rings is 1. The molecule has 6 heteroatoms. The van der Waals surface area contributed by atoms with Gasteiger partial charge in [0, 0.05) is 18.8 Å². The number of rotatable bonds is 3. The Morgan fingerprint density at radius 1 is 1.52 bits per heavy atom. The van der Waals surface area contributed by atoms with E-state index in [1.807, 2.05) is 16.7 Å². The number of aryl methyl sites for hydroxylation is 1. The van der Waals surface area contributed by atoms with Crippen molar-refractivity contribution in [3.63, 3.8) is 0 Å². The highest BCUT2D eigenvalue weighted by molar-refractivity contribution is 6.18. The van der Waals surface area contributed by atoms with Crippen LogP contribution in [-0.2, 0) is 11.2 Å². The normalized spacial score (nSPS) is 18.5. The molecule has 2 heterocycles. The number of carbonyl (C=O) groups is 1. The van der Waals surface area contributed by atoms with Crippen molar-refractivity contribution in [2.75, 3.05) is 12.4 Å². The van der Waals surface area contributed by atoms with E-state index in [1.165, 1.54) is 0 Å². The summed E-state index contributed by atoms with van der Waals surface area (Å²) in [7, 11) is 0. The van der Waals surface area contributed by atoms with E-state index in [0.717, 1.165) is 30.7 Å². The lowest BCUT2D eigenvalue weighted by Crippen LogP contribution is -2.38. The monoisotopic (exact) mass is 302 g/mol. The SMILES string of the molecule is N#Cc1cccc2c1nc(CCCl)n2C1CCCNC1=O. The van der Waals surface area contributed by atoms with E-state index >= 15 is 0 Å². The van der Waals surface area contributed by atoms with Crippen LogP contribution in [0.15, 0.2) is 18.2 Å². The Morgan fingerprint density at radius 2 is 2.38 bits per heavy atom. The molecule has 108 valence electrons. The Bertz CT molecular complexity index is 731. The third-order valence-electron chi connectivity index (χ3n) is 3.80. The van der Waals surface area contributed by atoms with E-state index in [9.17, 15) is 10.1 Å². The van der Waals surface area contributed by atoms with Crippen LogP contribution in [0.2, 0.25) is 0 Å². The minimum atomic E-state index is -0.268. The predicted octanol–water partition coefficient (Wildman–Crippen LogP) is 2.14. The van der Waals surface area contributed by atoms with Crippen LogP contribution in [0.5, 0.6) is 0 Å². The highest BCUT2D eigenvalue weighted by atomic mass is 35.5. The van der Waals surface area contributed by atoms with E-state index in [2.05, 4.69) is 16.4 Å². The quantitative estimate of drug-likeness (QED) is 0.883. The number of nitrogens with zero attached hydrogens (tertiary/aromatic N) is 3. The van der Waals surface area contributed by atoms with Gasteiger partial charge in [-0.15, -0.1) is 11.6 Å². The number of carbonyl (C=O) groups excluding carboxylic acids is 1. The maximum Gasteiger partial charge on any atom is 0.243 e. The molecule has 1 aliphatic heterocycles. The highest BCUT2D eigenvalue weighted by Gasteiger charge is 2.28. The Morgan fingerprint density at radius 3 is 3.10 bits per heavy atom. The average molecular weight is 303 g/mol. The molecule has 1 aromatic heterocycles. The molecule has 1 N–H and O–H groups in total. The molecule has 0 bridgehead atoms.